The number of anilines is 1. The van der Waals surface area contributed by atoms with Gasteiger partial charge in [0.15, 0.2) is 0 Å². The molecule has 1 aromatic carbocycles. The SMILES string of the molecule is COC(=O)c1cc(N)ccc1S(=O)(=O)N1CC=C(C)CC1. The lowest BCUT2D eigenvalue weighted by atomic mass is 10.1. The molecule has 0 bridgehead atoms. The summed E-state index contributed by atoms with van der Waals surface area (Å²) in [4.78, 5) is 11.7. The van der Waals surface area contributed by atoms with Crippen LogP contribution in [0.25, 0.3) is 0 Å². The highest BCUT2D eigenvalue weighted by atomic mass is 32.2. The van der Waals surface area contributed by atoms with Crippen molar-refractivity contribution in [3.63, 3.8) is 0 Å². The van der Waals surface area contributed by atoms with Crippen LogP contribution in [-0.2, 0) is 14.8 Å². The van der Waals surface area contributed by atoms with Crippen LogP contribution in [0.3, 0.4) is 0 Å². The Balaban J connectivity index is 2.48. The number of hydrogen-bond donors (Lipinski definition) is 1. The molecule has 21 heavy (non-hydrogen) atoms. The Morgan fingerprint density at radius 1 is 1.38 bits per heavy atom. The van der Waals surface area contributed by atoms with E-state index in [1.165, 1.54) is 29.6 Å². The summed E-state index contributed by atoms with van der Waals surface area (Å²) in [5, 5.41) is 0. The van der Waals surface area contributed by atoms with Gasteiger partial charge in [-0.25, -0.2) is 13.2 Å². The molecule has 1 aliphatic heterocycles. The van der Waals surface area contributed by atoms with Gasteiger partial charge in [0, 0.05) is 18.8 Å². The molecule has 0 saturated heterocycles. The summed E-state index contributed by atoms with van der Waals surface area (Å²) in [6.07, 6.45) is 2.55. The number of benzene rings is 1. The van der Waals surface area contributed by atoms with Crippen molar-refractivity contribution in [3.8, 4) is 0 Å². The molecule has 0 radical (unpaired) electrons. The van der Waals surface area contributed by atoms with Gasteiger partial charge in [0.1, 0.15) is 0 Å². The molecule has 1 heterocycles. The largest absolute Gasteiger partial charge is 0.465 e. The fourth-order valence-corrected chi connectivity index (χ4v) is 3.69. The molecule has 0 aliphatic carbocycles. The van der Waals surface area contributed by atoms with Gasteiger partial charge in [0.2, 0.25) is 10.0 Å². The van der Waals surface area contributed by atoms with Gasteiger partial charge in [-0.3, -0.25) is 0 Å². The second-order valence-corrected chi connectivity index (χ2v) is 6.82. The minimum absolute atomic E-state index is 0.0382. The first-order valence-electron chi connectivity index (χ1n) is 6.50. The van der Waals surface area contributed by atoms with Crippen LogP contribution in [0.5, 0.6) is 0 Å². The Bertz CT molecular complexity index is 695. The second kappa shape index (κ2) is 5.87. The molecular formula is C14H18N2O4S. The molecule has 0 amide bonds. The molecule has 0 unspecified atom stereocenters. The predicted octanol–water partition coefficient (Wildman–Crippen LogP) is 1.40. The van der Waals surface area contributed by atoms with Gasteiger partial charge in [-0.15, -0.1) is 0 Å². The molecular weight excluding hydrogens is 292 g/mol. The maximum Gasteiger partial charge on any atom is 0.339 e. The summed E-state index contributed by atoms with van der Waals surface area (Å²) in [6, 6.07) is 4.14. The quantitative estimate of drug-likeness (QED) is 0.518. The molecule has 2 rings (SSSR count). The highest BCUT2D eigenvalue weighted by molar-refractivity contribution is 7.89. The number of sulfonamides is 1. The van der Waals surface area contributed by atoms with Crippen molar-refractivity contribution in [2.45, 2.75) is 18.2 Å². The number of nitrogens with zero attached hydrogens (tertiary/aromatic N) is 1. The average molecular weight is 310 g/mol. The van der Waals surface area contributed by atoms with Gasteiger partial charge in [0.25, 0.3) is 0 Å². The van der Waals surface area contributed by atoms with Crippen LogP contribution in [0.4, 0.5) is 5.69 Å². The smallest absolute Gasteiger partial charge is 0.339 e. The first-order valence-corrected chi connectivity index (χ1v) is 7.94. The van der Waals surface area contributed by atoms with Crippen LogP contribution in [0.15, 0.2) is 34.7 Å². The fraction of sp³-hybridized carbons (Fsp3) is 0.357. The molecule has 0 atom stereocenters. The third-order valence-electron chi connectivity index (χ3n) is 3.43. The summed E-state index contributed by atoms with van der Waals surface area (Å²) in [5.74, 6) is -0.718. The van der Waals surface area contributed by atoms with E-state index in [1.807, 2.05) is 13.0 Å². The minimum atomic E-state index is -3.76. The molecule has 0 spiro atoms. The first kappa shape index (κ1) is 15.5. The van der Waals surface area contributed by atoms with E-state index in [4.69, 9.17) is 5.73 Å². The standard InChI is InChI=1S/C14H18N2O4S/c1-10-5-7-16(8-6-10)21(18,19)13-4-3-11(15)9-12(13)14(17)20-2/h3-5,9H,6-8,15H2,1-2H3. The molecule has 6 nitrogen and oxygen atoms in total. The Kier molecular flexibility index (Phi) is 4.34. The number of esters is 1. The van der Waals surface area contributed by atoms with Gasteiger partial charge < -0.3 is 10.5 Å². The maximum absolute atomic E-state index is 12.7. The normalized spacial score (nSPS) is 16.4. The zero-order valence-electron chi connectivity index (χ0n) is 12.0. The van der Waals surface area contributed by atoms with Crippen LogP contribution >= 0.6 is 0 Å². The third kappa shape index (κ3) is 3.08. The number of methoxy groups -OCH3 is 1. The van der Waals surface area contributed by atoms with E-state index in [1.54, 1.807) is 0 Å². The highest BCUT2D eigenvalue weighted by Crippen LogP contribution is 2.25. The Hall–Kier alpha value is -1.86. The van der Waals surface area contributed by atoms with E-state index in [0.717, 1.165) is 5.57 Å². The monoisotopic (exact) mass is 310 g/mol. The van der Waals surface area contributed by atoms with Crippen LogP contribution < -0.4 is 5.73 Å². The van der Waals surface area contributed by atoms with Gasteiger partial charge in [-0.1, -0.05) is 11.6 Å². The lowest BCUT2D eigenvalue weighted by Crippen LogP contribution is -2.35. The van der Waals surface area contributed by atoms with E-state index in [2.05, 4.69) is 4.74 Å². The molecule has 1 aliphatic rings. The van der Waals surface area contributed by atoms with E-state index < -0.39 is 16.0 Å². The lowest BCUT2D eigenvalue weighted by molar-refractivity contribution is 0.0596. The summed E-state index contributed by atoms with van der Waals surface area (Å²) >= 11 is 0. The number of nitrogens with two attached hydrogens (primary N) is 1. The predicted molar refractivity (Wildman–Crippen MR) is 79.3 cm³/mol. The van der Waals surface area contributed by atoms with Crippen molar-refractivity contribution in [3.05, 3.63) is 35.4 Å². The fourth-order valence-electron chi connectivity index (χ4n) is 2.15. The van der Waals surface area contributed by atoms with Gasteiger partial charge in [-0.2, -0.15) is 4.31 Å². The first-order chi connectivity index (χ1) is 9.86. The number of ether oxygens (including phenoxy) is 1. The average Bonchev–Trinajstić information content (AvgIpc) is 2.46. The summed E-state index contributed by atoms with van der Waals surface area (Å²) in [7, 11) is -2.55. The van der Waals surface area contributed by atoms with Crippen molar-refractivity contribution in [1.82, 2.24) is 4.31 Å². The zero-order chi connectivity index (χ0) is 15.6. The number of nitrogen functional groups attached to an aromatic ring is 1. The molecule has 0 fully saturated rings. The van der Waals surface area contributed by atoms with Gasteiger partial charge in [0.05, 0.1) is 17.6 Å². The summed E-state index contributed by atoms with van der Waals surface area (Å²) in [5.41, 5.74) is 7.06. The molecule has 114 valence electrons. The van der Waals surface area contributed by atoms with E-state index in [9.17, 15) is 13.2 Å². The van der Waals surface area contributed by atoms with Crippen molar-refractivity contribution in [2.24, 2.45) is 0 Å². The zero-order valence-corrected chi connectivity index (χ0v) is 12.8. The lowest BCUT2D eigenvalue weighted by Gasteiger charge is -2.25. The number of rotatable bonds is 3. The van der Waals surface area contributed by atoms with E-state index >= 15 is 0 Å². The van der Waals surface area contributed by atoms with Crippen molar-refractivity contribution in [2.75, 3.05) is 25.9 Å². The minimum Gasteiger partial charge on any atom is -0.465 e. The number of hydrogen-bond acceptors (Lipinski definition) is 5. The highest BCUT2D eigenvalue weighted by Gasteiger charge is 2.30. The Morgan fingerprint density at radius 2 is 2.10 bits per heavy atom. The Morgan fingerprint density at radius 3 is 2.67 bits per heavy atom. The Labute approximate surface area is 124 Å². The molecule has 2 N–H and O–H groups in total. The van der Waals surface area contributed by atoms with E-state index in [0.29, 0.717) is 25.2 Å². The summed E-state index contributed by atoms with van der Waals surface area (Å²) < 4.78 is 31.4. The second-order valence-electron chi connectivity index (χ2n) is 4.91. The van der Waals surface area contributed by atoms with Crippen molar-refractivity contribution < 1.29 is 17.9 Å². The van der Waals surface area contributed by atoms with Gasteiger partial charge >= 0.3 is 5.97 Å². The van der Waals surface area contributed by atoms with Gasteiger partial charge in [-0.05, 0) is 31.5 Å². The molecule has 1 aromatic rings. The van der Waals surface area contributed by atoms with Crippen LogP contribution in [0, 0.1) is 0 Å². The third-order valence-corrected chi connectivity index (χ3v) is 5.35. The molecule has 0 saturated carbocycles. The van der Waals surface area contributed by atoms with Crippen molar-refractivity contribution >= 4 is 21.7 Å². The molecule has 7 heteroatoms. The number of carbonyl (C=O) groups excluding carboxylic acids is 1. The van der Waals surface area contributed by atoms with Crippen LogP contribution in [-0.4, -0.2) is 38.9 Å². The van der Waals surface area contributed by atoms with Crippen molar-refractivity contribution in [1.29, 1.82) is 0 Å². The molecule has 0 aromatic heterocycles. The van der Waals surface area contributed by atoms with Crippen LogP contribution in [0.1, 0.15) is 23.7 Å². The maximum atomic E-state index is 12.7. The van der Waals surface area contributed by atoms with Crippen LogP contribution in [0.2, 0.25) is 0 Å². The topological polar surface area (TPSA) is 89.7 Å². The number of carbonyl (C=O) groups is 1. The summed E-state index contributed by atoms with van der Waals surface area (Å²) in [6.45, 7) is 2.67. The van der Waals surface area contributed by atoms with E-state index in [-0.39, 0.29) is 10.5 Å².